The van der Waals surface area contributed by atoms with Crippen LogP contribution in [0.1, 0.15) is 51.2 Å². The number of hydrogen-bond donors (Lipinski definition) is 3. The molecule has 2 aromatic rings. The molecule has 1 aliphatic heterocycles. The molecule has 8 heteroatoms. The van der Waals surface area contributed by atoms with Crippen LogP contribution in [0.4, 0.5) is 5.69 Å². The molecule has 2 aliphatic rings. The van der Waals surface area contributed by atoms with E-state index in [0.717, 1.165) is 24.0 Å². The van der Waals surface area contributed by atoms with Crippen LogP contribution in [0.25, 0.3) is 11.2 Å². The van der Waals surface area contributed by atoms with Crippen molar-refractivity contribution in [1.29, 1.82) is 0 Å². The van der Waals surface area contributed by atoms with E-state index >= 15 is 0 Å². The van der Waals surface area contributed by atoms with Crippen LogP contribution in [0.3, 0.4) is 0 Å². The molecule has 0 spiro atoms. The summed E-state index contributed by atoms with van der Waals surface area (Å²) in [6.07, 6.45) is 7.64. The van der Waals surface area contributed by atoms with Crippen LogP contribution >= 0.6 is 11.6 Å². The van der Waals surface area contributed by atoms with Gasteiger partial charge in [-0.2, -0.15) is 0 Å². The molecule has 0 radical (unpaired) electrons. The minimum atomic E-state index is -0.719. The summed E-state index contributed by atoms with van der Waals surface area (Å²) in [5.74, 6) is 0. The van der Waals surface area contributed by atoms with E-state index in [-0.39, 0.29) is 12.7 Å². The van der Waals surface area contributed by atoms with Crippen molar-refractivity contribution in [3.8, 4) is 0 Å². The van der Waals surface area contributed by atoms with Gasteiger partial charge < -0.3 is 20.3 Å². The zero-order valence-electron chi connectivity index (χ0n) is 14.6. The van der Waals surface area contributed by atoms with Gasteiger partial charge in [-0.05, 0) is 12.8 Å². The van der Waals surface area contributed by atoms with Crippen LogP contribution in [0.15, 0.2) is 12.4 Å². The number of pyridine rings is 1. The first-order valence-electron chi connectivity index (χ1n) is 9.39. The van der Waals surface area contributed by atoms with Gasteiger partial charge in [-0.25, -0.2) is 9.97 Å². The van der Waals surface area contributed by atoms with E-state index in [9.17, 15) is 10.2 Å². The Hall–Kier alpha value is -1.41. The molecule has 26 heavy (non-hydrogen) atoms. The van der Waals surface area contributed by atoms with Crippen molar-refractivity contribution in [2.24, 2.45) is 0 Å². The summed E-state index contributed by atoms with van der Waals surface area (Å²) in [5, 5.41) is 23.6. The van der Waals surface area contributed by atoms with Crippen molar-refractivity contribution in [2.75, 3.05) is 11.9 Å². The number of aliphatic hydroxyl groups is 2. The standard InChI is InChI=1S/C18H25ClN4O3/c19-15-8-13(21-11-5-3-1-2-4-6-11)16-17(22-15)23(10-20-16)18-14(25)7-12(9-24)26-18/h8,10-12,14,18,24-25H,1-7,9H2,(H,21,22). The molecular weight excluding hydrogens is 356 g/mol. The lowest BCUT2D eigenvalue weighted by Gasteiger charge is -2.19. The quantitative estimate of drug-likeness (QED) is 0.558. The summed E-state index contributed by atoms with van der Waals surface area (Å²) in [6.45, 7) is -0.122. The van der Waals surface area contributed by atoms with Gasteiger partial charge in [0.25, 0.3) is 0 Å². The highest BCUT2D eigenvalue weighted by Gasteiger charge is 2.36. The van der Waals surface area contributed by atoms with Gasteiger partial charge in [0.1, 0.15) is 16.8 Å². The molecule has 0 amide bonds. The fourth-order valence-electron chi connectivity index (χ4n) is 4.01. The summed E-state index contributed by atoms with van der Waals surface area (Å²) >= 11 is 6.27. The number of aromatic nitrogens is 3. The zero-order valence-corrected chi connectivity index (χ0v) is 15.4. The van der Waals surface area contributed by atoms with E-state index in [1.807, 2.05) is 6.07 Å². The van der Waals surface area contributed by atoms with Crippen molar-refractivity contribution < 1.29 is 14.9 Å². The first-order valence-corrected chi connectivity index (χ1v) is 9.77. The maximum Gasteiger partial charge on any atom is 0.165 e. The predicted molar refractivity (Wildman–Crippen MR) is 99.3 cm³/mol. The molecule has 1 aliphatic carbocycles. The Bertz CT molecular complexity index is 760. The van der Waals surface area contributed by atoms with E-state index in [2.05, 4.69) is 15.3 Å². The number of ether oxygens (including phenoxy) is 1. The summed E-state index contributed by atoms with van der Waals surface area (Å²) in [6, 6.07) is 2.23. The highest BCUT2D eigenvalue weighted by molar-refractivity contribution is 6.30. The second kappa shape index (κ2) is 7.68. The van der Waals surface area contributed by atoms with Crippen LogP contribution in [0.2, 0.25) is 5.15 Å². The number of nitrogens with one attached hydrogen (secondary N) is 1. The topological polar surface area (TPSA) is 92.4 Å². The van der Waals surface area contributed by atoms with E-state index in [0.29, 0.717) is 23.3 Å². The fraction of sp³-hybridized carbons (Fsp3) is 0.667. The molecule has 0 aromatic carbocycles. The Morgan fingerprint density at radius 2 is 2.04 bits per heavy atom. The van der Waals surface area contributed by atoms with Gasteiger partial charge in [0.15, 0.2) is 11.9 Å². The summed E-state index contributed by atoms with van der Waals surface area (Å²) in [4.78, 5) is 8.91. The molecule has 3 atom stereocenters. The molecule has 7 nitrogen and oxygen atoms in total. The van der Waals surface area contributed by atoms with Gasteiger partial charge in [-0.3, -0.25) is 4.57 Å². The van der Waals surface area contributed by atoms with E-state index in [1.165, 1.54) is 25.7 Å². The normalized spacial score (nSPS) is 27.7. The number of rotatable bonds is 4. The first kappa shape index (κ1) is 18.0. The van der Waals surface area contributed by atoms with Crippen molar-refractivity contribution in [2.45, 2.75) is 69.4 Å². The van der Waals surface area contributed by atoms with Crippen LogP contribution < -0.4 is 5.32 Å². The van der Waals surface area contributed by atoms with Gasteiger partial charge in [-0.15, -0.1) is 0 Å². The molecule has 1 saturated carbocycles. The van der Waals surface area contributed by atoms with Gasteiger partial charge in [-0.1, -0.05) is 37.3 Å². The van der Waals surface area contributed by atoms with Crippen LogP contribution in [0.5, 0.6) is 0 Å². The predicted octanol–water partition coefficient (Wildman–Crippen LogP) is 2.86. The Kier molecular flexibility index (Phi) is 5.31. The third kappa shape index (κ3) is 3.53. The fourth-order valence-corrected chi connectivity index (χ4v) is 4.20. The minimum absolute atomic E-state index is 0.122. The Balaban J connectivity index is 1.65. The second-order valence-electron chi connectivity index (χ2n) is 7.28. The third-order valence-corrected chi connectivity index (χ3v) is 5.55. The summed E-state index contributed by atoms with van der Waals surface area (Å²) in [7, 11) is 0. The average molecular weight is 381 g/mol. The van der Waals surface area contributed by atoms with Gasteiger partial charge in [0.05, 0.1) is 24.7 Å². The average Bonchev–Trinajstić information content (AvgIpc) is 3.10. The van der Waals surface area contributed by atoms with Gasteiger partial charge in [0, 0.05) is 18.5 Å². The van der Waals surface area contributed by atoms with Crippen molar-refractivity contribution in [1.82, 2.24) is 14.5 Å². The minimum Gasteiger partial charge on any atom is -0.394 e. The molecule has 3 N–H and O–H groups in total. The molecule has 0 bridgehead atoms. The summed E-state index contributed by atoms with van der Waals surface area (Å²) < 4.78 is 7.45. The van der Waals surface area contributed by atoms with Gasteiger partial charge in [0.2, 0.25) is 0 Å². The maximum absolute atomic E-state index is 10.3. The SMILES string of the molecule is OCC1CC(O)C(n2cnc3c(NC4CCCCCC4)cc(Cl)nc32)O1. The molecule has 142 valence electrons. The lowest BCUT2D eigenvalue weighted by Crippen LogP contribution is -2.20. The molecule has 2 aromatic heterocycles. The molecular formula is C18H25ClN4O3. The van der Waals surface area contributed by atoms with Crippen LogP contribution in [-0.2, 0) is 4.74 Å². The van der Waals surface area contributed by atoms with E-state index < -0.39 is 12.3 Å². The number of nitrogens with zero attached hydrogens (tertiary/aromatic N) is 3. The number of hydrogen-bond acceptors (Lipinski definition) is 6. The highest BCUT2D eigenvalue weighted by Crippen LogP contribution is 2.34. The largest absolute Gasteiger partial charge is 0.394 e. The van der Waals surface area contributed by atoms with Crippen LogP contribution in [0, 0.1) is 0 Å². The molecule has 3 heterocycles. The number of aliphatic hydroxyl groups excluding tert-OH is 2. The van der Waals surface area contributed by atoms with Gasteiger partial charge >= 0.3 is 0 Å². The lowest BCUT2D eigenvalue weighted by molar-refractivity contribution is -0.0486. The Morgan fingerprint density at radius 1 is 1.27 bits per heavy atom. The number of fused-ring (bicyclic) bond motifs is 1. The van der Waals surface area contributed by atoms with Crippen molar-refractivity contribution in [3.63, 3.8) is 0 Å². The van der Waals surface area contributed by atoms with Crippen LogP contribution in [-0.4, -0.2) is 49.6 Å². The van der Waals surface area contributed by atoms with Crippen molar-refractivity contribution >= 4 is 28.5 Å². The first-order chi connectivity index (χ1) is 12.7. The Labute approximate surface area is 157 Å². The smallest absolute Gasteiger partial charge is 0.165 e. The Morgan fingerprint density at radius 3 is 2.73 bits per heavy atom. The maximum atomic E-state index is 10.3. The summed E-state index contributed by atoms with van der Waals surface area (Å²) in [5.41, 5.74) is 2.18. The molecule has 2 fully saturated rings. The van der Waals surface area contributed by atoms with E-state index in [4.69, 9.17) is 16.3 Å². The highest BCUT2D eigenvalue weighted by atomic mass is 35.5. The molecule has 3 unspecified atom stereocenters. The molecule has 1 saturated heterocycles. The lowest BCUT2D eigenvalue weighted by atomic mass is 10.1. The zero-order chi connectivity index (χ0) is 18.1. The van der Waals surface area contributed by atoms with Crippen molar-refractivity contribution in [3.05, 3.63) is 17.5 Å². The number of halogens is 1. The van der Waals surface area contributed by atoms with E-state index in [1.54, 1.807) is 10.9 Å². The molecule has 4 rings (SSSR count). The number of anilines is 1. The number of imidazole rings is 1. The monoisotopic (exact) mass is 380 g/mol. The third-order valence-electron chi connectivity index (χ3n) is 5.36. The second-order valence-corrected chi connectivity index (χ2v) is 7.67.